The first-order valence-electron chi connectivity index (χ1n) is 7.32. The van der Waals surface area contributed by atoms with E-state index < -0.39 is 0 Å². The highest BCUT2D eigenvalue weighted by atomic mass is 16.5. The van der Waals surface area contributed by atoms with Crippen molar-refractivity contribution in [2.45, 2.75) is 19.9 Å². The van der Waals surface area contributed by atoms with Gasteiger partial charge in [0.05, 0.1) is 7.11 Å². The molecular weight excluding hydrogens is 278 g/mol. The number of rotatable bonds is 7. The Balaban J connectivity index is 1.74. The molecule has 2 aromatic carbocycles. The number of hydrogen-bond donors (Lipinski definition) is 1. The third-order valence-corrected chi connectivity index (χ3v) is 3.35. The zero-order valence-corrected chi connectivity index (χ0v) is 13.0. The largest absolute Gasteiger partial charge is 0.497 e. The summed E-state index contributed by atoms with van der Waals surface area (Å²) in [6.45, 7) is 2.59. The summed E-state index contributed by atoms with van der Waals surface area (Å²) in [6.07, 6.45) is 0.989. The fraction of sp³-hybridized carbons (Fsp3) is 0.278. The Morgan fingerprint density at radius 3 is 2.14 bits per heavy atom. The predicted octanol–water partition coefficient (Wildman–Crippen LogP) is 2.95. The van der Waals surface area contributed by atoms with E-state index in [1.807, 2.05) is 48.5 Å². The number of aryl methyl sites for hydroxylation is 1. The molecule has 22 heavy (non-hydrogen) atoms. The van der Waals surface area contributed by atoms with E-state index >= 15 is 0 Å². The molecule has 0 unspecified atom stereocenters. The molecular formula is C18H21NO3. The maximum atomic E-state index is 11.8. The summed E-state index contributed by atoms with van der Waals surface area (Å²) in [5.41, 5.74) is 2.26. The van der Waals surface area contributed by atoms with Crippen LogP contribution in [0.1, 0.15) is 18.1 Å². The zero-order valence-electron chi connectivity index (χ0n) is 13.0. The molecule has 0 bridgehead atoms. The Hall–Kier alpha value is -2.49. The summed E-state index contributed by atoms with van der Waals surface area (Å²) in [4.78, 5) is 11.8. The van der Waals surface area contributed by atoms with E-state index in [1.54, 1.807) is 7.11 Å². The summed E-state index contributed by atoms with van der Waals surface area (Å²) in [6, 6.07) is 15.4. The van der Waals surface area contributed by atoms with Crippen LogP contribution in [0, 0.1) is 0 Å². The van der Waals surface area contributed by atoms with Gasteiger partial charge in [-0.2, -0.15) is 0 Å². The van der Waals surface area contributed by atoms with Gasteiger partial charge in [-0.3, -0.25) is 4.79 Å². The quantitative estimate of drug-likeness (QED) is 0.855. The number of benzene rings is 2. The molecule has 4 nitrogen and oxygen atoms in total. The van der Waals surface area contributed by atoms with Crippen LogP contribution in [-0.2, 0) is 17.8 Å². The lowest BCUT2D eigenvalue weighted by atomic mass is 10.2. The number of methoxy groups -OCH3 is 1. The van der Waals surface area contributed by atoms with E-state index in [4.69, 9.17) is 9.47 Å². The Labute approximate surface area is 131 Å². The molecule has 0 aliphatic carbocycles. The minimum absolute atomic E-state index is 0.0155. The lowest BCUT2D eigenvalue weighted by Gasteiger charge is -2.08. The van der Waals surface area contributed by atoms with E-state index in [0.29, 0.717) is 12.3 Å². The highest BCUT2D eigenvalue weighted by Crippen LogP contribution is 2.13. The first-order chi connectivity index (χ1) is 10.7. The van der Waals surface area contributed by atoms with E-state index in [0.717, 1.165) is 17.7 Å². The Morgan fingerprint density at radius 1 is 0.955 bits per heavy atom. The summed E-state index contributed by atoms with van der Waals surface area (Å²) >= 11 is 0. The van der Waals surface area contributed by atoms with E-state index in [9.17, 15) is 4.79 Å². The van der Waals surface area contributed by atoms with Crippen LogP contribution in [0.5, 0.6) is 11.5 Å². The molecule has 0 radical (unpaired) electrons. The molecule has 1 amide bonds. The highest BCUT2D eigenvalue weighted by Gasteiger charge is 2.03. The van der Waals surface area contributed by atoms with Gasteiger partial charge in [-0.05, 0) is 41.8 Å². The Kier molecular flexibility index (Phi) is 5.83. The number of carbonyl (C=O) groups is 1. The van der Waals surface area contributed by atoms with Gasteiger partial charge in [0.25, 0.3) is 5.91 Å². The van der Waals surface area contributed by atoms with Crippen molar-refractivity contribution >= 4 is 5.91 Å². The van der Waals surface area contributed by atoms with Gasteiger partial charge in [-0.1, -0.05) is 31.2 Å². The van der Waals surface area contributed by atoms with Gasteiger partial charge in [-0.25, -0.2) is 0 Å². The monoisotopic (exact) mass is 299 g/mol. The van der Waals surface area contributed by atoms with Crippen molar-refractivity contribution in [3.05, 3.63) is 59.7 Å². The first-order valence-corrected chi connectivity index (χ1v) is 7.32. The van der Waals surface area contributed by atoms with Crippen LogP contribution in [0.15, 0.2) is 48.5 Å². The summed E-state index contributed by atoms with van der Waals surface area (Å²) < 4.78 is 10.6. The van der Waals surface area contributed by atoms with Gasteiger partial charge < -0.3 is 14.8 Å². The molecule has 0 spiro atoms. The van der Waals surface area contributed by atoms with Crippen molar-refractivity contribution in [2.75, 3.05) is 13.7 Å². The van der Waals surface area contributed by atoms with Crippen LogP contribution in [0.4, 0.5) is 0 Å². The van der Waals surface area contributed by atoms with Crippen LogP contribution in [0.2, 0.25) is 0 Å². The lowest BCUT2D eigenvalue weighted by Crippen LogP contribution is -2.28. The SMILES string of the molecule is CCc1ccc(OCC(=O)NCc2ccc(OC)cc2)cc1. The van der Waals surface area contributed by atoms with Gasteiger partial charge in [0.2, 0.25) is 0 Å². The number of carbonyl (C=O) groups excluding carboxylic acids is 1. The van der Waals surface area contributed by atoms with Crippen molar-refractivity contribution < 1.29 is 14.3 Å². The molecule has 116 valence electrons. The number of hydrogen-bond acceptors (Lipinski definition) is 3. The molecule has 4 heteroatoms. The summed E-state index contributed by atoms with van der Waals surface area (Å²) in [5, 5.41) is 2.82. The van der Waals surface area contributed by atoms with Crippen molar-refractivity contribution in [2.24, 2.45) is 0 Å². The maximum absolute atomic E-state index is 11.8. The standard InChI is InChI=1S/C18H21NO3/c1-3-14-4-10-17(11-5-14)22-13-18(20)19-12-15-6-8-16(21-2)9-7-15/h4-11H,3,12-13H2,1-2H3,(H,19,20). The average molecular weight is 299 g/mol. The second kappa shape index (κ2) is 8.08. The van der Waals surface area contributed by atoms with Gasteiger partial charge in [-0.15, -0.1) is 0 Å². The molecule has 0 aliphatic heterocycles. The van der Waals surface area contributed by atoms with Gasteiger partial charge >= 0.3 is 0 Å². The fourth-order valence-electron chi connectivity index (χ4n) is 1.97. The molecule has 0 fully saturated rings. The predicted molar refractivity (Wildman–Crippen MR) is 86.2 cm³/mol. The molecule has 0 saturated heterocycles. The van der Waals surface area contributed by atoms with E-state index in [1.165, 1.54) is 5.56 Å². The van der Waals surface area contributed by atoms with E-state index in [-0.39, 0.29) is 12.5 Å². The fourth-order valence-corrected chi connectivity index (χ4v) is 1.97. The molecule has 0 aliphatic rings. The van der Waals surface area contributed by atoms with Gasteiger partial charge in [0.1, 0.15) is 11.5 Å². The van der Waals surface area contributed by atoms with Crippen LogP contribution in [-0.4, -0.2) is 19.6 Å². The van der Waals surface area contributed by atoms with Crippen LogP contribution in [0.25, 0.3) is 0 Å². The van der Waals surface area contributed by atoms with E-state index in [2.05, 4.69) is 12.2 Å². The number of ether oxygens (including phenoxy) is 2. The van der Waals surface area contributed by atoms with Gasteiger partial charge in [0, 0.05) is 6.54 Å². The highest BCUT2D eigenvalue weighted by molar-refractivity contribution is 5.77. The third kappa shape index (κ3) is 4.81. The van der Waals surface area contributed by atoms with Crippen molar-refractivity contribution in [3.63, 3.8) is 0 Å². The normalized spacial score (nSPS) is 10.1. The van der Waals surface area contributed by atoms with Crippen molar-refractivity contribution in [3.8, 4) is 11.5 Å². The molecule has 0 heterocycles. The molecule has 0 saturated carbocycles. The summed E-state index contributed by atoms with van der Waals surface area (Å²) in [5.74, 6) is 1.36. The topological polar surface area (TPSA) is 47.6 Å². The van der Waals surface area contributed by atoms with Crippen molar-refractivity contribution in [1.29, 1.82) is 0 Å². The average Bonchev–Trinajstić information content (AvgIpc) is 2.59. The molecule has 2 rings (SSSR count). The van der Waals surface area contributed by atoms with Crippen molar-refractivity contribution in [1.82, 2.24) is 5.32 Å². The smallest absolute Gasteiger partial charge is 0.258 e. The summed E-state index contributed by atoms with van der Waals surface area (Å²) in [7, 11) is 1.63. The molecule has 0 aromatic heterocycles. The minimum Gasteiger partial charge on any atom is -0.497 e. The number of nitrogens with one attached hydrogen (secondary N) is 1. The Bertz CT molecular complexity index is 537. The lowest BCUT2D eigenvalue weighted by molar-refractivity contribution is -0.123. The third-order valence-electron chi connectivity index (χ3n) is 3.35. The molecule has 0 atom stereocenters. The maximum Gasteiger partial charge on any atom is 0.258 e. The molecule has 2 aromatic rings. The number of amides is 1. The van der Waals surface area contributed by atoms with Crippen LogP contribution < -0.4 is 14.8 Å². The van der Waals surface area contributed by atoms with Crippen LogP contribution in [0.3, 0.4) is 0 Å². The van der Waals surface area contributed by atoms with Crippen LogP contribution >= 0.6 is 0 Å². The second-order valence-corrected chi connectivity index (χ2v) is 4.91. The van der Waals surface area contributed by atoms with Gasteiger partial charge in [0.15, 0.2) is 6.61 Å². The second-order valence-electron chi connectivity index (χ2n) is 4.91. The zero-order chi connectivity index (χ0) is 15.8. The Morgan fingerprint density at radius 2 is 1.55 bits per heavy atom. The minimum atomic E-state index is -0.143. The molecule has 1 N–H and O–H groups in total. The first kappa shape index (κ1) is 15.9.